The zero-order valence-corrected chi connectivity index (χ0v) is 17.4. The fraction of sp³-hybridized carbons (Fsp3) is 0.273. The van der Waals surface area contributed by atoms with Crippen molar-refractivity contribution in [3.63, 3.8) is 0 Å². The number of amides is 1. The molecule has 0 spiro atoms. The van der Waals surface area contributed by atoms with Crippen LogP contribution >= 0.6 is 11.8 Å². The van der Waals surface area contributed by atoms with E-state index in [0.717, 1.165) is 5.56 Å². The van der Waals surface area contributed by atoms with E-state index in [-0.39, 0.29) is 17.2 Å². The summed E-state index contributed by atoms with van der Waals surface area (Å²) in [6.45, 7) is 1.27. The molecule has 0 bridgehead atoms. The predicted octanol–water partition coefficient (Wildman–Crippen LogP) is 2.63. The molecule has 0 fully saturated rings. The van der Waals surface area contributed by atoms with Crippen molar-refractivity contribution in [2.75, 3.05) is 26.0 Å². The van der Waals surface area contributed by atoms with Crippen molar-refractivity contribution in [1.82, 2.24) is 14.9 Å². The van der Waals surface area contributed by atoms with Gasteiger partial charge in [-0.05, 0) is 30.2 Å². The number of nitrogens with one attached hydrogen (secondary N) is 1. The molecule has 3 rings (SSSR count). The Morgan fingerprint density at radius 1 is 1.27 bits per heavy atom. The molecule has 1 N–H and O–H groups in total. The van der Waals surface area contributed by atoms with Crippen LogP contribution in [0.2, 0.25) is 0 Å². The summed E-state index contributed by atoms with van der Waals surface area (Å²) in [6, 6.07) is 16.8. The Labute approximate surface area is 178 Å². The van der Waals surface area contributed by atoms with Crippen LogP contribution < -0.4 is 10.9 Å². The minimum atomic E-state index is -0.254. The van der Waals surface area contributed by atoms with E-state index >= 15 is 0 Å². The van der Waals surface area contributed by atoms with Gasteiger partial charge >= 0.3 is 0 Å². The highest BCUT2D eigenvalue weighted by Crippen LogP contribution is 2.19. The van der Waals surface area contributed by atoms with Gasteiger partial charge in [-0.2, -0.15) is 5.26 Å². The first-order valence-electron chi connectivity index (χ1n) is 9.49. The zero-order valence-electron chi connectivity index (χ0n) is 16.6. The highest BCUT2D eigenvalue weighted by atomic mass is 32.2. The Morgan fingerprint density at radius 3 is 2.80 bits per heavy atom. The second-order valence-electron chi connectivity index (χ2n) is 6.51. The van der Waals surface area contributed by atoms with Crippen molar-refractivity contribution >= 4 is 28.6 Å². The van der Waals surface area contributed by atoms with Gasteiger partial charge in [0.05, 0.1) is 29.3 Å². The molecule has 1 amide bonds. The second kappa shape index (κ2) is 10.6. The molecule has 0 atom stereocenters. The molecule has 30 heavy (non-hydrogen) atoms. The maximum absolute atomic E-state index is 13.1. The number of ether oxygens (including phenoxy) is 1. The van der Waals surface area contributed by atoms with Crippen molar-refractivity contribution in [1.29, 1.82) is 5.26 Å². The predicted molar refractivity (Wildman–Crippen MR) is 117 cm³/mol. The number of benzene rings is 2. The zero-order chi connectivity index (χ0) is 21.3. The first-order valence-corrected chi connectivity index (χ1v) is 10.5. The van der Waals surface area contributed by atoms with E-state index in [0.29, 0.717) is 47.7 Å². The van der Waals surface area contributed by atoms with Gasteiger partial charge in [0.25, 0.3) is 11.5 Å². The largest absolute Gasteiger partial charge is 0.383 e. The van der Waals surface area contributed by atoms with E-state index in [2.05, 4.69) is 16.4 Å². The number of carbonyl (C=O) groups excluding carboxylic acids is 1. The summed E-state index contributed by atoms with van der Waals surface area (Å²) in [5.41, 5.74) is 1.80. The van der Waals surface area contributed by atoms with E-state index in [9.17, 15) is 9.59 Å². The average Bonchev–Trinajstić information content (AvgIpc) is 2.77. The Morgan fingerprint density at radius 2 is 2.07 bits per heavy atom. The number of nitriles is 1. The smallest absolute Gasteiger partial charge is 0.262 e. The van der Waals surface area contributed by atoms with Gasteiger partial charge in [0.2, 0.25) is 0 Å². The SMILES string of the molecule is COCCNC(=O)c1ccc2c(=O)n(CCc3ccccc3)c(SCC#N)nc2c1. The topological polar surface area (TPSA) is 97.0 Å². The highest BCUT2D eigenvalue weighted by Gasteiger charge is 2.14. The average molecular weight is 423 g/mol. The van der Waals surface area contributed by atoms with Gasteiger partial charge in [0.1, 0.15) is 0 Å². The molecule has 0 saturated carbocycles. The van der Waals surface area contributed by atoms with Gasteiger partial charge in [-0.1, -0.05) is 42.1 Å². The molecule has 2 aromatic carbocycles. The molecule has 0 aliphatic heterocycles. The van der Waals surface area contributed by atoms with Crippen LogP contribution in [0.25, 0.3) is 10.9 Å². The molecular formula is C22H22N4O3S. The summed E-state index contributed by atoms with van der Waals surface area (Å²) < 4.78 is 6.54. The molecule has 0 unspecified atom stereocenters. The molecule has 8 heteroatoms. The van der Waals surface area contributed by atoms with Gasteiger partial charge in [0, 0.05) is 25.8 Å². The normalized spacial score (nSPS) is 10.7. The van der Waals surface area contributed by atoms with Crippen LogP contribution in [-0.4, -0.2) is 41.5 Å². The Bertz CT molecular complexity index is 1120. The number of hydrogen-bond acceptors (Lipinski definition) is 6. The number of aromatic nitrogens is 2. The molecule has 0 saturated heterocycles. The van der Waals surface area contributed by atoms with Gasteiger partial charge in [-0.25, -0.2) is 4.98 Å². The third-order valence-corrected chi connectivity index (χ3v) is 5.35. The fourth-order valence-electron chi connectivity index (χ4n) is 3.00. The number of rotatable bonds is 9. The minimum Gasteiger partial charge on any atom is -0.383 e. The third kappa shape index (κ3) is 5.26. The fourth-order valence-corrected chi connectivity index (χ4v) is 3.69. The highest BCUT2D eigenvalue weighted by molar-refractivity contribution is 7.99. The van der Waals surface area contributed by atoms with Crippen molar-refractivity contribution in [2.24, 2.45) is 0 Å². The van der Waals surface area contributed by atoms with Gasteiger partial charge in [-0.15, -0.1) is 0 Å². The van der Waals surface area contributed by atoms with Crippen molar-refractivity contribution in [2.45, 2.75) is 18.1 Å². The summed E-state index contributed by atoms with van der Waals surface area (Å²) in [7, 11) is 1.56. The first-order chi connectivity index (χ1) is 14.6. The monoisotopic (exact) mass is 422 g/mol. The summed E-state index contributed by atoms with van der Waals surface area (Å²) in [6.07, 6.45) is 0.675. The molecule has 0 radical (unpaired) electrons. The van der Waals surface area contributed by atoms with Crippen LogP contribution in [0.3, 0.4) is 0 Å². The molecule has 154 valence electrons. The lowest BCUT2D eigenvalue weighted by molar-refractivity contribution is 0.0937. The Kier molecular flexibility index (Phi) is 7.60. The number of fused-ring (bicyclic) bond motifs is 1. The maximum Gasteiger partial charge on any atom is 0.262 e. The van der Waals surface area contributed by atoms with Gasteiger partial charge in [-0.3, -0.25) is 14.2 Å². The lowest BCUT2D eigenvalue weighted by Gasteiger charge is -2.13. The number of aryl methyl sites for hydroxylation is 1. The van der Waals surface area contributed by atoms with E-state index < -0.39 is 0 Å². The van der Waals surface area contributed by atoms with Crippen molar-refractivity contribution < 1.29 is 9.53 Å². The third-order valence-electron chi connectivity index (χ3n) is 4.51. The first kappa shape index (κ1) is 21.6. The molecule has 1 heterocycles. The quantitative estimate of drug-likeness (QED) is 0.323. The molecule has 3 aromatic rings. The van der Waals surface area contributed by atoms with Gasteiger partial charge < -0.3 is 10.1 Å². The molecular weight excluding hydrogens is 400 g/mol. The number of hydrogen-bond donors (Lipinski definition) is 1. The van der Waals surface area contributed by atoms with E-state index in [1.807, 2.05) is 30.3 Å². The van der Waals surface area contributed by atoms with Gasteiger partial charge in [0.15, 0.2) is 5.16 Å². The van der Waals surface area contributed by atoms with Crippen molar-refractivity contribution in [3.8, 4) is 6.07 Å². The standard InChI is InChI=1S/C22H22N4O3S/c1-29-13-11-24-20(27)17-7-8-18-19(15-17)25-22(30-14-10-23)26(21(18)28)12-9-16-5-3-2-4-6-16/h2-8,15H,9,11-14H2,1H3,(H,24,27). The molecule has 1 aromatic heterocycles. The number of nitrogens with zero attached hydrogens (tertiary/aromatic N) is 3. The summed E-state index contributed by atoms with van der Waals surface area (Å²) >= 11 is 1.22. The second-order valence-corrected chi connectivity index (χ2v) is 7.46. The van der Waals surface area contributed by atoms with Crippen LogP contribution in [0.4, 0.5) is 0 Å². The van der Waals surface area contributed by atoms with Crippen molar-refractivity contribution in [3.05, 3.63) is 70.0 Å². The summed E-state index contributed by atoms with van der Waals surface area (Å²) in [5, 5.41) is 12.7. The molecule has 0 aliphatic rings. The van der Waals surface area contributed by atoms with E-state index in [1.54, 1.807) is 29.9 Å². The maximum atomic E-state index is 13.1. The molecule has 0 aliphatic carbocycles. The van der Waals surface area contributed by atoms with Crippen LogP contribution in [-0.2, 0) is 17.7 Å². The van der Waals surface area contributed by atoms with Crippen LogP contribution in [0.5, 0.6) is 0 Å². The summed E-state index contributed by atoms with van der Waals surface area (Å²) in [4.78, 5) is 30.0. The lowest BCUT2D eigenvalue weighted by Crippen LogP contribution is -2.27. The number of thioether (sulfide) groups is 1. The van der Waals surface area contributed by atoms with E-state index in [4.69, 9.17) is 10.00 Å². The lowest BCUT2D eigenvalue weighted by atomic mass is 10.1. The van der Waals surface area contributed by atoms with Crippen LogP contribution in [0.15, 0.2) is 58.5 Å². The minimum absolute atomic E-state index is 0.178. The molecule has 7 nitrogen and oxygen atoms in total. The van der Waals surface area contributed by atoms with Crippen LogP contribution in [0.1, 0.15) is 15.9 Å². The van der Waals surface area contributed by atoms with E-state index in [1.165, 1.54) is 11.8 Å². The number of methoxy groups -OCH3 is 1. The van der Waals surface area contributed by atoms with Crippen LogP contribution in [0, 0.1) is 11.3 Å². The summed E-state index contributed by atoms with van der Waals surface area (Å²) in [5.74, 6) is -0.0734. The Balaban J connectivity index is 1.94. The number of carbonyl (C=O) groups is 1. The Hall–Kier alpha value is -3.15.